The maximum atomic E-state index is 13.0. The van der Waals surface area contributed by atoms with Crippen molar-refractivity contribution in [2.45, 2.75) is 32.0 Å². The molecule has 1 atom stereocenters. The second kappa shape index (κ2) is 7.81. The molecule has 0 amide bonds. The lowest BCUT2D eigenvalue weighted by molar-refractivity contribution is -0.134. The van der Waals surface area contributed by atoms with E-state index in [1.54, 1.807) is 7.11 Å². The third-order valence-corrected chi connectivity index (χ3v) is 4.77. The van der Waals surface area contributed by atoms with Gasteiger partial charge < -0.3 is 15.2 Å². The highest BCUT2D eigenvalue weighted by Crippen LogP contribution is 2.29. The molecule has 26 heavy (non-hydrogen) atoms. The van der Waals surface area contributed by atoms with E-state index in [1.165, 1.54) is 0 Å². The monoisotopic (exact) mass is 352 g/mol. The summed E-state index contributed by atoms with van der Waals surface area (Å²) in [6.45, 7) is 2.12. The van der Waals surface area contributed by atoms with Gasteiger partial charge in [-0.1, -0.05) is 43.3 Å². The van der Waals surface area contributed by atoms with E-state index in [4.69, 9.17) is 4.74 Å². The molecule has 0 aromatic heterocycles. The molecular formula is C21H24N2O3. The predicted molar refractivity (Wildman–Crippen MR) is 101 cm³/mol. The summed E-state index contributed by atoms with van der Waals surface area (Å²) < 4.78 is 5.80. The second-order valence-electron chi connectivity index (χ2n) is 6.35. The van der Waals surface area contributed by atoms with Crippen LogP contribution in [0.15, 0.2) is 53.5 Å². The number of aliphatic hydroxyl groups excluding tert-OH is 1. The first-order chi connectivity index (χ1) is 12.7. The minimum atomic E-state index is -1.15. The number of rotatable bonds is 7. The lowest BCUT2D eigenvalue weighted by Crippen LogP contribution is -2.54. The molecule has 2 aromatic rings. The quantitative estimate of drug-likeness (QED) is 0.797. The Balaban J connectivity index is 2.22. The van der Waals surface area contributed by atoms with E-state index in [0.717, 1.165) is 28.2 Å². The fourth-order valence-electron chi connectivity index (χ4n) is 3.34. The van der Waals surface area contributed by atoms with Gasteiger partial charge in [-0.15, -0.1) is 0 Å². The Morgan fingerprint density at radius 3 is 2.69 bits per heavy atom. The number of nitrogens with zero attached hydrogens (tertiary/aromatic N) is 1. The number of carbonyl (C=O) groups is 1. The summed E-state index contributed by atoms with van der Waals surface area (Å²) in [7, 11) is 1.55. The van der Waals surface area contributed by atoms with E-state index in [0.29, 0.717) is 12.1 Å². The zero-order chi connectivity index (χ0) is 18.6. The molecule has 136 valence electrons. The van der Waals surface area contributed by atoms with E-state index < -0.39 is 5.60 Å². The number of fused-ring (bicyclic) bond motifs is 1. The molecule has 0 fully saturated rings. The SMILES string of the molecule is CCCC(=O)C1(OC)CN=c2ccccc2=C1Nc1ccccc1CO. The van der Waals surface area contributed by atoms with E-state index in [2.05, 4.69) is 10.3 Å². The number of Topliss-reactive ketones (excluding diaryl/α,β-unsaturated/α-hetero) is 1. The highest BCUT2D eigenvalue weighted by molar-refractivity contribution is 6.00. The van der Waals surface area contributed by atoms with Gasteiger partial charge in [0.2, 0.25) is 0 Å². The van der Waals surface area contributed by atoms with Crippen LogP contribution in [0.2, 0.25) is 0 Å². The highest BCUT2D eigenvalue weighted by atomic mass is 16.5. The summed E-state index contributed by atoms with van der Waals surface area (Å²) in [6, 6.07) is 15.2. The zero-order valence-electron chi connectivity index (χ0n) is 15.2. The summed E-state index contributed by atoms with van der Waals surface area (Å²) >= 11 is 0. The minimum Gasteiger partial charge on any atom is -0.392 e. The van der Waals surface area contributed by atoms with Gasteiger partial charge in [0, 0.05) is 30.0 Å². The smallest absolute Gasteiger partial charge is 0.185 e. The molecule has 0 radical (unpaired) electrons. The summed E-state index contributed by atoms with van der Waals surface area (Å²) in [6.07, 6.45) is 1.16. The van der Waals surface area contributed by atoms with Crippen molar-refractivity contribution in [1.82, 2.24) is 0 Å². The number of benzene rings is 2. The summed E-state index contributed by atoms with van der Waals surface area (Å²) in [4.78, 5) is 17.6. The Labute approximate surface area is 153 Å². The number of ether oxygens (including phenoxy) is 1. The number of methoxy groups -OCH3 is 1. The summed E-state index contributed by atoms with van der Waals surface area (Å²) in [5.74, 6) is 0.00438. The molecule has 0 saturated carbocycles. The minimum absolute atomic E-state index is 0.00438. The van der Waals surface area contributed by atoms with Crippen molar-refractivity contribution < 1.29 is 14.6 Å². The van der Waals surface area contributed by atoms with E-state index >= 15 is 0 Å². The Morgan fingerprint density at radius 1 is 1.23 bits per heavy atom. The van der Waals surface area contributed by atoms with Gasteiger partial charge in [0.1, 0.15) is 0 Å². The van der Waals surface area contributed by atoms with E-state index in [-0.39, 0.29) is 18.9 Å². The van der Waals surface area contributed by atoms with Crippen LogP contribution in [0.3, 0.4) is 0 Å². The molecule has 5 heteroatoms. The number of hydrogen-bond acceptors (Lipinski definition) is 5. The standard InChI is InChI=1S/C21H24N2O3/c1-3-8-19(25)21(26-2)14-22-18-12-7-5-10-16(18)20(21)23-17-11-6-4-9-15(17)13-24/h4-7,9-12,23-24H,3,8,13-14H2,1-2H3. The number of para-hydroxylation sites is 2. The molecule has 2 aromatic carbocycles. The lowest BCUT2D eigenvalue weighted by Gasteiger charge is -2.35. The number of anilines is 1. The number of nitrogens with one attached hydrogen (secondary N) is 1. The van der Waals surface area contributed by atoms with Gasteiger partial charge in [-0.2, -0.15) is 0 Å². The van der Waals surface area contributed by atoms with Crippen molar-refractivity contribution in [1.29, 1.82) is 0 Å². The molecule has 1 aliphatic heterocycles. The van der Waals surface area contributed by atoms with E-state index in [1.807, 2.05) is 55.5 Å². The summed E-state index contributed by atoms with van der Waals surface area (Å²) in [5.41, 5.74) is 1.05. The van der Waals surface area contributed by atoms with Crippen LogP contribution in [0.25, 0.3) is 5.70 Å². The number of carbonyl (C=O) groups excluding carboxylic acids is 1. The van der Waals surface area contributed by atoms with Crippen LogP contribution in [0.5, 0.6) is 0 Å². The molecule has 1 unspecified atom stereocenters. The molecule has 1 heterocycles. The van der Waals surface area contributed by atoms with Crippen molar-refractivity contribution >= 4 is 17.2 Å². The molecule has 5 nitrogen and oxygen atoms in total. The van der Waals surface area contributed by atoms with Crippen LogP contribution >= 0.6 is 0 Å². The van der Waals surface area contributed by atoms with Crippen LogP contribution in [-0.4, -0.2) is 30.1 Å². The van der Waals surface area contributed by atoms with Gasteiger partial charge >= 0.3 is 0 Å². The molecule has 0 aliphatic carbocycles. The van der Waals surface area contributed by atoms with Crippen LogP contribution in [-0.2, 0) is 16.1 Å². The number of ketones is 1. The molecule has 1 aliphatic rings. The average molecular weight is 352 g/mol. The van der Waals surface area contributed by atoms with Crippen molar-refractivity contribution in [2.75, 3.05) is 19.0 Å². The Bertz CT molecular complexity index is 923. The average Bonchev–Trinajstić information content (AvgIpc) is 2.69. The predicted octanol–water partition coefficient (Wildman–Crippen LogP) is 1.79. The van der Waals surface area contributed by atoms with Crippen LogP contribution < -0.4 is 15.9 Å². The van der Waals surface area contributed by atoms with Gasteiger partial charge in [0.25, 0.3) is 0 Å². The van der Waals surface area contributed by atoms with Crippen LogP contribution in [0.1, 0.15) is 25.3 Å². The fourth-order valence-corrected chi connectivity index (χ4v) is 3.34. The first kappa shape index (κ1) is 18.3. The van der Waals surface area contributed by atoms with Gasteiger partial charge in [-0.3, -0.25) is 9.79 Å². The molecule has 0 saturated heterocycles. The van der Waals surface area contributed by atoms with Gasteiger partial charge in [0.15, 0.2) is 11.4 Å². The maximum Gasteiger partial charge on any atom is 0.185 e. The van der Waals surface area contributed by atoms with Crippen LogP contribution in [0, 0.1) is 0 Å². The molecule has 2 N–H and O–H groups in total. The van der Waals surface area contributed by atoms with Crippen molar-refractivity contribution in [2.24, 2.45) is 4.99 Å². The topological polar surface area (TPSA) is 70.9 Å². The number of hydrogen-bond donors (Lipinski definition) is 2. The molecule has 0 bridgehead atoms. The van der Waals surface area contributed by atoms with Gasteiger partial charge in [0.05, 0.1) is 24.2 Å². The Morgan fingerprint density at radius 2 is 1.96 bits per heavy atom. The fraction of sp³-hybridized carbons (Fsp3) is 0.333. The zero-order valence-corrected chi connectivity index (χ0v) is 15.2. The second-order valence-corrected chi connectivity index (χ2v) is 6.35. The van der Waals surface area contributed by atoms with Crippen molar-refractivity contribution in [3.05, 3.63) is 64.7 Å². The third-order valence-electron chi connectivity index (χ3n) is 4.77. The molecular weight excluding hydrogens is 328 g/mol. The Hall–Kier alpha value is -2.50. The van der Waals surface area contributed by atoms with Crippen molar-refractivity contribution in [3.63, 3.8) is 0 Å². The highest BCUT2D eigenvalue weighted by Gasteiger charge is 2.43. The molecule has 3 rings (SSSR count). The largest absolute Gasteiger partial charge is 0.392 e. The van der Waals surface area contributed by atoms with Crippen molar-refractivity contribution in [3.8, 4) is 0 Å². The van der Waals surface area contributed by atoms with E-state index in [9.17, 15) is 9.90 Å². The van der Waals surface area contributed by atoms with Gasteiger partial charge in [-0.25, -0.2) is 0 Å². The lowest BCUT2D eigenvalue weighted by atomic mass is 9.87. The first-order valence-corrected chi connectivity index (χ1v) is 8.85. The first-order valence-electron chi connectivity index (χ1n) is 8.85. The van der Waals surface area contributed by atoms with Gasteiger partial charge in [-0.05, 0) is 18.6 Å². The third kappa shape index (κ3) is 3.16. The maximum absolute atomic E-state index is 13.0. The summed E-state index contributed by atoms with van der Waals surface area (Å²) in [5, 5.41) is 14.7. The Kier molecular flexibility index (Phi) is 5.49. The van der Waals surface area contributed by atoms with Crippen LogP contribution in [0.4, 0.5) is 5.69 Å². The normalized spacial score (nSPS) is 18.8. The number of aliphatic hydroxyl groups is 1. The molecule has 0 spiro atoms.